The highest BCUT2D eigenvalue weighted by Gasteiger charge is 2.23. The van der Waals surface area contributed by atoms with E-state index in [9.17, 15) is 14.4 Å². The number of anilines is 1. The van der Waals surface area contributed by atoms with Gasteiger partial charge in [-0.25, -0.2) is 0 Å². The molecule has 36 heavy (non-hydrogen) atoms. The Morgan fingerprint density at radius 3 is 2.19 bits per heavy atom. The predicted octanol–water partition coefficient (Wildman–Crippen LogP) is 4.99. The van der Waals surface area contributed by atoms with Crippen LogP contribution in [-0.2, 0) is 11.2 Å². The fraction of sp³-hybridized carbons (Fsp3) is 0.267. The van der Waals surface area contributed by atoms with Gasteiger partial charge in [0.1, 0.15) is 0 Å². The fourth-order valence-corrected chi connectivity index (χ4v) is 3.95. The Bertz CT molecular complexity index is 1150. The van der Waals surface area contributed by atoms with Crippen LogP contribution in [0, 0.1) is 12.3 Å². The van der Waals surface area contributed by atoms with Crippen LogP contribution in [0.1, 0.15) is 46.5 Å². The molecule has 0 aliphatic heterocycles. The van der Waals surface area contributed by atoms with E-state index in [1.54, 1.807) is 36.2 Å². The van der Waals surface area contributed by atoms with E-state index >= 15 is 0 Å². The van der Waals surface area contributed by atoms with Gasteiger partial charge in [0.05, 0.1) is 0 Å². The molecule has 3 aromatic rings. The van der Waals surface area contributed by atoms with E-state index in [0.29, 0.717) is 24.1 Å². The maximum absolute atomic E-state index is 13.2. The van der Waals surface area contributed by atoms with Crippen molar-refractivity contribution < 1.29 is 14.4 Å². The Morgan fingerprint density at radius 2 is 1.53 bits per heavy atom. The molecule has 2 N–H and O–H groups in total. The first kappa shape index (κ1) is 26.7. The van der Waals surface area contributed by atoms with Crippen LogP contribution in [0.3, 0.4) is 0 Å². The number of benzene rings is 3. The van der Waals surface area contributed by atoms with Gasteiger partial charge in [-0.05, 0) is 55.2 Å². The van der Waals surface area contributed by atoms with E-state index in [-0.39, 0.29) is 17.7 Å². The molecule has 0 aromatic heterocycles. The second kappa shape index (κ2) is 13.2. The molecule has 3 aromatic carbocycles. The zero-order chi connectivity index (χ0) is 25.9. The molecule has 0 fully saturated rings. The van der Waals surface area contributed by atoms with E-state index in [4.69, 9.17) is 0 Å². The molecule has 0 aliphatic rings. The van der Waals surface area contributed by atoms with Crippen molar-refractivity contribution in [2.45, 2.75) is 32.7 Å². The van der Waals surface area contributed by atoms with Crippen LogP contribution in [0.25, 0.3) is 0 Å². The highest BCUT2D eigenvalue weighted by atomic mass is 16.2. The van der Waals surface area contributed by atoms with Gasteiger partial charge in [0.25, 0.3) is 11.8 Å². The van der Waals surface area contributed by atoms with Crippen molar-refractivity contribution in [3.05, 3.63) is 108 Å². The molecule has 2 atom stereocenters. The molecule has 1 radical (unpaired) electrons. The first-order valence-corrected chi connectivity index (χ1v) is 12.3. The van der Waals surface area contributed by atoms with E-state index in [1.807, 2.05) is 80.9 Å². The minimum Gasteiger partial charge on any atom is -0.349 e. The molecular formula is C30H34N3O3. The number of rotatable bonds is 11. The summed E-state index contributed by atoms with van der Waals surface area (Å²) >= 11 is 0. The summed E-state index contributed by atoms with van der Waals surface area (Å²) in [7, 11) is 1.76. The first-order valence-electron chi connectivity index (χ1n) is 12.3. The molecule has 3 amide bonds. The summed E-state index contributed by atoms with van der Waals surface area (Å²) in [4.78, 5) is 40.3. The molecule has 0 spiro atoms. The number of carbonyl (C=O) groups excluding carboxylic acids is 3. The molecule has 0 saturated heterocycles. The number of nitrogens with zero attached hydrogens (tertiary/aromatic N) is 1. The highest BCUT2D eigenvalue weighted by molar-refractivity contribution is 6.00. The van der Waals surface area contributed by atoms with Crippen LogP contribution in [0.2, 0.25) is 0 Å². The van der Waals surface area contributed by atoms with E-state index < -0.39 is 12.0 Å². The summed E-state index contributed by atoms with van der Waals surface area (Å²) in [5.41, 5.74) is 2.64. The number of nitrogens with one attached hydrogen (secondary N) is 2. The highest BCUT2D eigenvalue weighted by Crippen LogP contribution is 2.16. The van der Waals surface area contributed by atoms with Crippen LogP contribution in [0.15, 0.2) is 84.9 Å². The maximum atomic E-state index is 13.2. The first-order chi connectivity index (χ1) is 17.4. The molecule has 0 heterocycles. The van der Waals surface area contributed by atoms with Crippen LogP contribution in [0.5, 0.6) is 0 Å². The molecule has 6 nitrogen and oxygen atoms in total. The van der Waals surface area contributed by atoms with Gasteiger partial charge < -0.3 is 15.5 Å². The minimum atomic E-state index is -0.449. The van der Waals surface area contributed by atoms with Gasteiger partial charge in [-0.1, -0.05) is 68.4 Å². The minimum absolute atomic E-state index is 0.120. The van der Waals surface area contributed by atoms with Gasteiger partial charge in [0, 0.05) is 42.4 Å². The van der Waals surface area contributed by atoms with Crippen molar-refractivity contribution in [1.82, 2.24) is 10.2 Å². The van der Waals surface area contributed by atoms with E-state index in [2.05, 4.69) is 10.6 Å². The third-order valence-corrected chi connectivity index (χ3v) is 5.87. The van der Waals surface area contributed by atoms with E-state index in [0.717, 1.165) is 17.7 Å². The number of para-hydroxylation sites is 1. The van der Waals surface area contributed by atoms with Crippen LogP contribution < -0.4 is 10.6 Å². The molecule has 187 valence electrons. The zero-order valence-electron chi connectivity index (χ0n) is 21.1. The lowest BCUT2D eigenvalue weighted by molar-refractivity contribution is -0.118. The van der Waals surface area contributed by atoms with Crippen molar-refractivity contribution in [3.8, 4) is 0 Å². The molecular weight excluding hydrogens is 450 g/mol. The number of hydrogen-bond acceptors (Lipinski definition) is 3. The fourth-order valence-electron chi connectivity index (χ4n) is 3.95. The van der Waals surface area contributed by atoms with Crippen LogP contribution >= 0.6 is 0 Å². The second-order valence-corrected chi connectivity index (χ2v) is 8.91. The van der Waals surface area contributed by atoms with Crippen LogP contribution in [-0.4, -0.2) is 42.3 Å². The van der Waals surface area contributed by atoms with Gasteiger partial charge in [0.15, 0.2) is 0 Å². The van der Waals surface area contributed by atoms with E-state index in [1.165, 1.54) is 0 Å². The van der Waals surface area contributed by atoms with Gasteiger partial charge in [0.2, 0.25) is 5.91 Å². The average molecular weight is 485 g/mol. The summed E-state index contributed by atoms with van der Waals surface area (Å²) in [5, 5.41) is 5.96. The Balaban J connectivity index is 1.73. The normalized spacial score (nSPS) is 12.3. The molecule has 0 bridgehead atoms. The third kappa shape index (κ3) is 7.80. The lowest BCUT2D eigenvalue weighted by Gasteiger charge is -2.22. The quantitative estimate of drug-likeness (QED) is 0.403. The monoisotopic (exact) mass is 484 g/mol. The Kier molecular flexibility index (Phi) is 9.81. The van der Waals surface area contributed by atoms with Gasteiger partial charge >= 0.3 is 0 Å². The van der Waals surface area contributed by atoms with Crippen molar-refractivity contribution in [2.24, 2.45) is 5.92 Å². The van der Waals surface area contributed by atoms with Gasteiger partial charge in [-0.2, -0.15) is 0 Å². The SMILES string of the molecule is CCCN(C)C(=O)c1cccc(C(=O)N[C@H]([CH]C(C)C(=O)Nc2ccccc2)Cc2ccccc2)c1. The molecule has 1 unspecified atom stereocenters. The summed E-state index contributed by atoms with van der Waals surface area (Å²) in [6, 6.07) is 25.4. The number of carbonyl (C=O) groups is 3. The van der Waals surface area contributed by atoms with Crippen molar-refractivity contribution in [2.75, 3.05) is 18.9 Å². The summed E-state index contributed by atoms with van der Waals surface area (Å²) in [6.07, 6.45) is 3.25. The summed E-state index contributed by atoms with van der Waals surface area (Å²) in [6.45, 7) is 4.47. The standard InChI is InChI=1S/C30H34N3O3/c1-4-18-33(3)30(36)25-15-11-14-24(21-25)29(35)32-27(20-23-12-7-5-8-13-23)19-22(2)28(34)31-26-16-9-6-10-17-26/h5-17,19,21-22,27H,4,18,20H2,1-3H3,(H,31,34)(H,32,35)/t22?,27-/m1/s1. The van der Waals surface area contributed by atoms with Gasteiger partial charge in [-0.3, -0.25) is 14.4 Å². The molecule has 3 rings (SSSR count). The van der Waals surface area contributed by atoms with Gasteiger partial charge in [-0.15, -0.1) is 0 Å². The second-order valence-electron chi connectivity index (χ2n) is 8.91. The molecule has 0 aliphatic carbocycles. The predicted molar refractivity (Wildman–Crippen MR) is 144 cm³/mol. The topological polar surface area (TPSA) is 78.5 Å². The van der Waals surface area contributed by atoms with Crippen molar-refractivity contribution in [1.29, 1.82) is 0 Å². The largest absolute Gasteiger partial charge is 0.349 e. The smallest absolute Gasteiger partial charge is 0.253 e. The van der Waals surface area contributed by atoms with Crippen LogP contribution in [0.4, 0.5) is 5.69 Å². The zero-order valence-corrected chi connectivity index (χ0v) is 21.1. The maximum Gasteiger partial charge on any atom is 0.253 e. The molecule has 6 heteroatoms. The summed E-state index contributed by atoms with van der Waals surface area (Å²) < 4.78 is 0. The number of amides is 3. The number of hydrogen-bond donors (Lipinski definition) is 2. The Hall–Kier alpha value is -3.93. The third-order valence-electron chi connectivity index (χ3n) is 5.87. The Morgan fingerprint density at radius 1 is 0.889 bits per heavy atom. The molecule has 0 saturated carbocycles. The lowest BCUT2D eigenvalue weighted by Crippen LogP contribution is -2.40. The lowest BCUT2D eigenvalue weighted by atomic mass is 9.95. The van der Waals surface area contributed by atoms with Crippen molar-refractivity contribution in [3.63, 3.8) is 0 Å². The summed E-state index contributed by atoms with van der Waals surface area (Å²) in [5.74, 6) is -1.02. The average Bonchev–Trinajstić information content (AvgIpc) is 2.89. The Labute approximate surface area is 213 Å². The van der Waals surface area contributed by atoms with Crippen molar-refractivity contribution >= 4 is 23.4 Å².